The van der Waals surface area contributed by atoms with Crippen molar-refractivity contribution >= 4 is 0 Å². The van der Waals surface area contributed by atoms with Gasteiger partial charge in [-0.3, -0.25) is 4.98 Å². The molecule has 1 atom stereocenters. The summed E-state index contributed by atoms with van der Waals surface area (Å²) < 4.78 is 5.13. The van der Waals surface area contributed by atoms with E-state index in [1.54, 1.807) is 12.4 Å². The van der Waals surface area contributed by atoms with Crippen LogP contribution < -0.4 is 5.73 Å². The van der Waals surface area contributed by atoms with Crippen molar-refractivity contribution < 1.29 is 4.52 Å². The molecule has 5 heteroatoms. The first-order chi connectivity index (χ1) is 7.79. The van der Waals surface area contributed by atoms with Gasteiger partial charge in [-0.2, -0.15) is 4.98 Å². The molecule has 0 saturated carbocycles. The zero-order valence-corrected chi connectivity index (χ0v) is 9.13. The Balaban J connectivity index is 2.09. The fourth-order valence-corrected chi connectivity index (χ4v) is 1.32. The van der Waals surface area contributed by atoms with Crippen molar-refractivity contribution in [1.82, 2.24) is 15.1 Å². The van der Waals surface area contributed by atoms with Crippen LogP contribution in [0.5, 0.6) is 0 Å². The first kappa shape index (κ1) is 10.8. The first-order valence-electron chi connectivity index (χ1n) is 5.21. The van der Waals surface area contributed by atoms with Gasteiger partial charge in [0.15, 0.2) is 5.82 Å². The predicted octanol–water partition coefficient (Wildman–Crippen LogP) is 1.12. The molecule has 0 radical (unpaired) electrons. The number of pyridine rings is 1. The summed E-state index contributed by atoms with van der Waals surface area (Å²) >= 11 is 0. The quantitative estimate of drug-likeness (QED) is 0.831. The highest BCUT2D eigenvalue weighted by Gasteiger charge is 2.12. The summed E-state index contributed by atoms with van der Waals surface area (Å²) in [5, 5.41) is 3.92. The molecule has 0 aliphatic rings. The van der Waals surface area contributed by atoms with E-state index in [2.05, 4.69) is 15.1 Å². The largest absolute Gasteiger partial charge is 0.339 e. The van der Waals surface area contributed by atoms with Crippen LogP contribution in [0.15, 0.2) is 29.0 Å². The normalized spacial score (nSPS) is 12.6. The number of hydrogen-bond acceptors (Lipinski definition) is 5. The minimum atomic E-state index is 0.110. The Morgan fingerprint density at radius 3 is 2.81 bits per heavy atom. The van der Waals surface area contributed by atoms with Crippen molar-refractivity contribution in [1.29, 1.82) is 0 Å². The third kappa shape index (κ3) is 2.43. The van der Waals surface area contributed by atoms with Crippen molar-refractivity contribution in [3.8, 4) is 0 Å². The van der Waals surface area contributed by atoms with E-state index in [-0.39, 0.29) is 5.92 Å². The monoisotopic (exact) mass is 218 g/mol. The zero-order chi connectivity index (χ0) is 11.4. The minimum absolute atomic E-state index is 0.110. The molecule has 16 heavy (non-hydrogen) atoms. The van der Waals surface area contributed by atoms with Crippen LogP contribution >= 0.6 is 0 Å². The van der Waals surface area contributed by atoms with Crippen LogP contribution in [-0.2, 0) is 6.42 Å². The highest BCUT2D eigenvalue weighted by molar-refractivity contribution is 5.14. The van der Waals surface area contributed by atoms with Gasteiger partial charge in [-0.25, -0.2) is 0 Å². The number of nitrogens with two attached hydrogens (primary N) is 1. The maximum Gasteiger partial charge on any atom is 0.230 e. The molecule has 1 unspecified atom stereocenters. The zero-order valence-electron chi connectivity index (χ0n) is 9.13. The lowest BCUT2D eigenvalue weighted by Gasteiger charge is -1.98. The molecule has 2 aromatic heterocycles. The van der Waals surface area contributed by atoms with E-state index in [1.165, 1.54) is 0 Å². The SMILES string of the molecule is CC(CN)c1nc(Cc2ccncc2)no1. The Morgan fingerprint density at radius 2 is 2.12 bits per heavy atom. The van der Waals surface area contributed by atoms with Gasteiger partial charge in [0.1, 0.15) is 0 Å². The van der Waals surface area contributed by atoms with Crippen LogP contribution in [0.2, 0.25) is 0 Å². The molecule has 0 bridgehead atoms. The third-order valence-corrected chi connectivity index (χ3v) is 2.37. The van der Waals surface area contributed by atoms with Crippen molar-refractivity contribution in [3.63, 3.8) is 0 Å². The van der Waals surface area contributed by atoms with Gasteiger partial charge < -0.3 is 10.3 Å². The van der Waals surface area contributed by atoms with E-state index in [0.29, 0.717) is 24.7 Å². The maximum absolute atomic E-state index is 5.53. The lowest BCUT2D eigenvalue weighted by atomic mass is 10.2. The predicted molar refractivity (Wildman–Crippen MR) is 58.8 cm³/mol. The van der Waals surface area contributed by atoms with Crippen molar-refractivity contribution in [2.24, 2.45) is 5.73 Å². The van der Waals surface area contributed by atoms with Crippen LogP contribution in [0.3, 0.4) is 0 Å². The molecule has 5 nitrogen and oxygen atoms in total. The van der Waals surface area contributed by atoms with Crippen molar-refractivity contribution in [3.05, 3.63) is 41.8 Å². The Hall–Kier alpha value is -1.75. The summed E-state index contributed by atoms with van der Waals surface area (Å²) in [4.78, 5) is 8.25. The Kier molecular flexibility index (Phi) is 3.26. The van der Waals surface area contributed by atoms with Gasteiger partial charge in [0.05, 0.1) is 0 Å². The molecule has 0 amide bonds. The van der Waals surface area contributed by atoms with Gasteiger partial charge >= 0.3 is 0 Å². The molecule has 84 valence electrons. The fourth-order valence-electron chi connectivity index (χ4n) is 1.32. The molecule has 0 aromatic carbocycles. The molecule has 0 aliphatic heterocycles. The van der Waals surface area contributed by atoms with Crippen LogP contribution in [-0.4, -0.2) is 21.7 Å². The van der Waals surface area contributed by atoms with Crippen LogP contribution in [0.4, 0.5) is 0 Å². The number of rotatable bonds is 4. The highest BCUT2D eigenvalue weighted by Crippen LogP contribution is 2.12. The molecule has 2 heterocycles. The topological polar surface area (TPSA) is 77.8 Å². The second kappa shape index (κ2) is 4.85. The van der Waals surface area contributed by atoms with E-state index in [9.17, 15) is 0 Å². The van der Waals surface area contributed by atoms with Gasteiger partial charge in [0.2, 0.25) is 5.89 Å². The number of aromatic nitrogens is 3. The Labute approximate surface area is 93.7 Å². The molecule has 2 rings (SSSR count). The van der Waals surface area contributed by atoms with Gasteiger partial charge in [0.25, 0.3) is 0 Å². The second-order valence-corrected chi connectivity index (χ2v) is 3.72. The fraction of sp³-hybridized carbons (Fsp3) is 0.364. The van der Waals surface area contributed by atoms with E-state index in [1.807, 2.05) is 19.1 Å². The highest BCUT2D eigenvalue weighted by atomic mass is 16.5. The molecule has 2 N–H and O–H groups in total. The molecule has 0 spiro atoms. The van der Waals surface area contributed by atoms with Gasteiger partial charge in [-0.15, -0.1) is 0 Å². The average Bonchev–Trinajstić information content (AvgIpc) is 2.78. The van der Waals surface area contributed by atoms with E-state index >= 15 is 0 Å². The van der Waals surface area contributed by atoms with Gasteiger partial charge in [-0.1, -0.05) is 12.1 Å². The van der Waals surface area contributed by atoms with Gasteiger partial charge in [0, 0.05) is 31.3 Å². The maximum atomic E-state index is 5.53. The van der Waals surface area contributed by atoms with Crippen LogP contribution in [0.1, 0.15) is 30.1 Å². The van der Waals surface area contributed by atoms with E-state index < -0.39 is 0 Å². The smallest absolute Gasteiger partial charge is 0.230 e. The lowest BCUT2D eigenvalue weighted by Crippen LogP contribution is -2.09. The summed E-state index contributed by atoms with van der Waals surface area (Å²) in [6.07, 6.45) is 4.15. The molecule has 0 aliphatic carbocycles. The minimum Gasteiger partial charge on any atom is -0.339 e. The number of nitrogens with zero attached hydrogens (tertiary/aromatic N) is 3. The Morgan fingerprint density at radius 1 is 1.38 bits per heavy atom. The molecule has 2 aromatic rings. The standard InChI is InChI=1S/C11H14N4O/c1-8(7-12)11-14-10(15-16-11)6-9-2-4-13-5-3-9/h2-5,8H,6-7,12H2,1H3. The third-order valence-electron chi connectivity index (χ3n) is 2.37. The lowest BCUT2D eigenvalue weighted by molar-refractivity contribution is 0.357. The van der Waals surface area contributed by atoms with Crippen molar-refractivity contribution in [2.45, 2.75) is 19.3 Å². The summed E-state index contributed by atoms with van der Waals surface area (Å²) in [6.45, 7) is 2.47. The summed E-state index contributed by atoms with van der Waals surface area (Å²) in [5.74, 6) is 1.40. The summed E-state index contributed by atoms with van der Waals surface area (Å²) in [5.41, 5.74) is 6.64. The Bertz CT molecular complexity index is 440. The van der Waals surface area contributed by atoms with E-state index in [0.717, 1.165) is 5.56 Å². The summed E-state index contributed by atoms with van der Waals surface area (Å²) in [6, 6.07) is 3.87. The average molecular weight is 218 g/mol. The molecular weight excluding hydrogens is 204 g/mol. The van der Waals surface area contributed by atoms with Gasteiger partial charge in [-0.05, 0) is 17.7 Å². The second-order valence-electron chi connectivity index (χ2n) is 3.72. The van der Waals surface area contributed by atoms with Crippen molar-refractivity contribution in [2.75, 3.05) is 6.54 Å². The molecular formula is C11H14N4O. The number of hydrogen-bond donors (Lipinski definition) is 1. The molecule has 0 saturated heterocycles. The molecule has 0 fully saturated rings. The van der Waals surface area contributed by atoms with Crippen LogP contribution in [0, 0.1) is 0 Å². The summed E-state index contributed by atoms with van der Waals surface area (Å²) in [7, 11) is 0. The van der Waals surface area contributed by atoms with Crippen LogP contribution in [0.25, 0.3) is 0 Å². The van der Waals surface area contributed by atoms with E-state index in [4.69, 9.17) is 10.3 Å². The first-order valence-corrected chi connectivity index (χ1v) is 5.21.